The van der Waals surface area contributed by atoms with Gasteiger partial charge in [-0.3, -0.25) is 9.59 Å². The zero-order valence-corrected chi connectivity index (χ0v) is 14.5. The molecule has 138 valence electrons. The molecule has 0 aliphatic carbocycles. The number of piperidine rings is 1. The maximum atomic E-state index is 9.00. The fourth-order valence-corrected chi connectivity index (χ4v) is 2.40. The van der Waals surface area contributed by atoms with Gasteiger partial charge in [0, 0.05) is 45.2 Å². The van der Waals surface area contributed by atoms with E-state index in [1.54, 1.807) is 6.20 Å². The number of aliphatic carboxylic acids is 2. The van der Waals surface area contributed by atoms with Gasteiger partial charge in [0.1, 0.15) is 0 Å². The van der Waals surface area contributed by atoms with Crippen LogP contribution in [0, 0.1) is 5.92 Å². The molecule has 4 N–H and O–H groups in total. The number of aromatic amines is 1. The maximum absolute atomic E-state index is 9.00. The molecule has 0 unspecified atom stereocenters. The lowest BCUT2D eigenvalue weighted by atomic mass is 9.98. The molecule has 2 aromatic rings. The first-order valence-electron chi connectivity index (χ1n) is 8.00. The van der Waals surface area contributed by atoms with Crippen molar-refractivity contribution in [2.75, 3.05) is 13.1 Å². The summed E-state index contributed by atoms with van der Waals surface area (Å²) in [6.45, 7) is 5.47. The molecule has 0 radical (unpaired) electrons. The molecular formula is C16H25N5O4. The van der Waals surface area contributed by atoms with E-state index in [0.717, 1.165) is 51.0 Å². The fraction of sp³-hybridized carbons (Fsp3) is 0.500. The van der Waals surface area contributed by atoms with Crippen LogP contribution in [0.3, 0.4) is 0 Å². The molecule has 0 saturated carbocycles. The minimum absolute atomic E-state index is 0.749. The van der Waals surface area contributed by atoms with E-state index in [1.165, 1.54) is 12.8 Å². The minimum atomic E-state index is -0.833. The Morgan fingerprint density at radius 1 is 1.16 bits per heavy atom. The molecule has 0 amide bonds. The van der Waals surface area contributed by atoms with Gasteiger partial charge in [0.15, 0.2) is 11.6 Å². The fourth-order valence-electron chi connectivity index (χ4n) is 2.40. The number of carboxylic acids is 2. The van der Waals surface area contributed by atoms with Crippen LogP contribution >= 0.6 is 0 Å². The number of carboxylic acid groups (broad SMARTS) is 2. The lowest BCUT2D eigenvalue weighted by Gasteiger charge is -2.23. The molecule has 3 rings (SSSR count). The molecule has 3 heterocycles. The van der Waals surface area contributed by atoms with E-state index in [9.17, 15) is 0 Å². The molecule has 2 aromatic heterocycles. The first-order chi connectivity index (χ1) is 11.9. The summed E-state index contributed by atoms with van der Waals surface area (Å²) < 4.78 is 2.20. The smallest absolute Gasteiger partial charge is 0.300 e. The first-order valence-corrected chi connectivity index (χ1v) is 8.00. The number of H-pyrrole nitrogens is 1. The molecule has 0 spiro atoms. The lowest BCUT2D eigenvalue weighted by molar-refractivity contribution is -0.135. The third kappa shape index (κ3) is 8.66. The Morgan fingerprint density at radius 2 is 1.76 bits per heavy atom. The van der Waals surface area contributed by atoms with Crippen LogP contribution < -0.4 is 5.32 Å². The average Bonchev–Trinajstić information content (AvgIpc) is 3.17. The van der Waals surface area contributed by atoms with Gasteiger partial charge < -0.3 is 25.1 Å². The van der Waals surface area contributed by atoms with E-state index in [-0.39, 0.29) is 0 Å². The van der Waals surface area contributed by atoms with Crippen LogP contribution in [0.4, 0.5) is 0 Å². The summed E-state index contributed by atoms with van der Waals surface area (Å²) in [6.07, 6.45) is 9.97. The van der Waals surface area contributed by atoms with Crippen molar-refractivity contribution in [2.45, 2.75) is 33.2 Å². The summed E-state index contributed by atoms with van der Waals surface area (Å²) in [5, 5.41) is 18.2. The van der Waals surface area contributed by atoms with E-state index in [1.807, 2.05) is 18.6 Å². The predicted molar refractivity (Wildman–Crippen MR) is 92.0 cm³/mol. The third-order valence-electron chi connectivity index (χ3n) is 3.34. The number of hydrogen-bond donors (Lipinski definition) is 4. The van der Waals surface area contributed by atoms with Gasteiger partial charge in [-0.25, -0.2) is 9.97 Å². The maximum Gasteiger partial charge on any atom is 0.300 e. The molecule has 1 aliphatic heterocycles. The van der Waals surface area contributed by atoms with Crippen LogP contribution in [0.5, 0.6) is 0 Å². The Labute approximate surface area is 146 Å². The van der Waals surface area contributed by atoms with Crippen LogP contribution in [-0.2, 0) is 16.1 Å². The highest BCUT2D eigenvalue weighted by atomic mass is 16.4. The van der Waals surface area contributed by atoms with Gasteiger partial charge in [0.2, 0.25) is 0 Å². The SMILES string of the molecule is CC(=O)O.CC(=O)O.c1c[nH]c(-c2nccn2CC2CCNCC2)n1. The van der Waals surface area contributed by atoms with E-state index in [4.69, 9.17) is 19.8 Å². The Balaban J connectivity index is 0.000000333. The molecular weight excluding hydrogens is 326 g/mol. The molecule has 1 aliphatic rings. The van der Waals surface area contributed by atoms with Gasteiger partial charge in [-0.05, 0) is 31.8 Å². The summed E-state index contributed by atoms with van der Waals surface area (Å²) >= 11 is 0. The number of nitrogens with one attached hydrogen (secondary N) is 2. The van der Waals surface area contributed by atoms with Crippen molar-refractivity contribution >= 4 is 11.9 Å². The van der Waals surface area contributed by atoms with Crippen molar-refractivity contribution in [1.82, 2.24) is 24.8 Å². The summed E-state index contributed by atoms with van der Waals surface area (Å²) in [4.78, 5) is 29.7. The highest BCUT2D eigenvalue weighted by Gasteiger charge is 2.16. The van der Waals surface area contributed by atoms with Gasteiger partial charge in [0.05, 0.1) is 0 Å². The Morgan fingerprint density at radius 3 is 2.28 bits per heavy atom. The lowest BCUT2D eigenvalue weighted by Crippen LogP contribution is -2.29. The minimum Gasteiger partial charge on any atom is -0.481 e. The van der Waals surface area contributed by atoms with Crippen molar-refractivity contribution < 1.29 is 19.8 Å². The topological polar surface area (TPSA) is 133 Å². The van der Waals surface area contributed by atoms with Crippen LogP contribution in [0.1, 0.15) is 26.7 Å². The number of carbonyl (C=O) groups is 2. The monoisotopic (exact) mass is 351 g/mol. The second-order valence-corrected chi connectivity index (χ2v) is 5.57. The highest BCUT2D eigenvalue weighted by Crippen LogP contribution is 2.18. The van der Waals surface area contributed by atoms with E-state index < -0.39 is 11.9 Å². The molecule has 0 bridgehead atoms. The Hall–Kier alpha value is -2.68. The van der Waals surface area contributed by atoms with Gasteiger partial charge in [-0.15, -0.1) is 0 Å². The van der Waals surface area contributed by atoms with E-state index in [2.05, 4.69) is 24.8 Å². The molecule has 9 nitrogen and oxygen atoms in total. The van der Waals surface area contributed by atoms with Gasteiger partial charge in [-0.2, -0.15) is 0 Å². The summed E-state index contributed by atoms with van der Waals surface area (Å²) in [7, 11) is 0. The van der Waals surface area contributed by atoms with Crippen LogP contribution in [0.2, 0.25) is 0 Å². The second kappa shape index (κ2) is 11.0. The molecule has 1 saturated heterocycles. The molecule has 9 heteroatoms. The van der Waals surface area contributed by atoms with Crippen molar-refractivity contribution in [3.05, 3.63) is 24.8 Å². The van der Waals surface area contributed by atoms with Gasteiger partial charge in [-0.1, -0.05) is 0 Å². The number of imidazole rings is 2. The van der Waals surface area contributed by atoms with Gasteiger partial charge in [0.25, 0.3) is 11.9 Å². The number of nitrogens with zero attached hydrogens (tertiary/aromatic N) is 3. The zero-order chi connectivity index (χ0) is 18.7. The first kappa shape index (κ1) is 20.4. The highest BCUT2D eigenvalue weighted by molar-refractivity contribution is 5.63. The van der Waals surface area contributed by atoms with Crippen molar-refractivity contribution in [2.24, 2.45) is 5.92 Å². The van der Waals surface area contributed by atoms with Gasteiger partial charge >= 0.3 is 0 Å². The molecule has 25 heavy (non-hydrogen) atoms. The molecule has 0 aromatic carbocycles. The quantitative estimate of drug-likeness (QED) is 0.658. The summed E-state index contributed by atoms with van der Waals surface area (Å²) in [5.74, 6) is 0.872. The normalized spacial score (nSPS) is 13.8. The van der Waals surface area contributed by atoms with Crippen molar-refractivity contribution in [1.29, 1.82) is 0 Å². The van der Waals surface area contributed by atoms with Crippen LogP contribution in [-0.4, -0.2) is 54.8 Å². The zero-order valence-electron chi connectivity index (χ0n) is 14.5. The van der Waals surface area contributed by atoms with E-state index >= 15 is 0 Å². The Bertz CT molecular complexity index is 613. The average molecular weight is 351 g/mol. The van der Waals surface area contributed by atoms with Crippen molar-refractivity contribution in [3.63, 3.8) is 0 Å². The standard InChI is InChI=1S/C12H17N5.2C2H4O2/c1-3-13-4-2-10(1)9-17-8-7-16-12(17)11-14-5-6-15-11;2*1-2(3)4/h5-8,10,13H,1-4,9H2,(H,14,15);2*1H3,(H,3,4). The van der Waals surface area contributed by atoms with Crippen LogP contribution in [0.15, 0.2) is 24.8 Å². The molecule has 0 atom stereocenters. The number of aromatic nitrogens is 4. The largest absolute Gasteiger partial charge is 0.481 e. The predicted octanol–water partition coefficient (Wildman–Crippen LogP) is 1.45. The number of rotatable bonds is 3. The van der Waals surface area contributed by atoms with Crippen molar-refractivity contribution in [3.8, 4) is 11.6 Å². The summed E-state index contributed by atoms with van der Waals surface area (Å²) in [6, 6.07) is 0. The summed E-state index contributed by atoms with van der Waals surface area (Å²) in [5.41, 5.74) is 0. The third-order valence-corrected chi connectivity index (χ3v) is 3.34. The Kier molecular flexibility index (Phi) is 8.94. The van der Waals surface area contributed by atoms with Crippen LogP contribution in [0.25, 0.3) is 11.6 Å². The molecule has 1 fully saturated rings. The van der Waals surface area contributed by atoms with E-state index in [0.29, 0.717) is 0 Å². The second-order valence-electron chi connectivity index (χ2n) is 5.57. The number of hydrogen-bond acceptors (Lipinski definition) is 5.